The molecule has 0 spiro atoms. The van der Waals surface area contributed by atoms with E-state index < -0.39 is 11.0 Å². The molecule has 0 unspecified atom stereocenters. The molecular formula is C23H21FN4O3. The van der Waals surface area contributed by atoms with Crippen molar-refractivity contribution in [3.05, 3.63) is 76.0 Å². The summed E-state index contributed by atoms with van der Waals surface area (Å²) in [5, 5.41) is 0. The highest BCUT2D eigenvalue weighted by molar-refractivity contribution is 5.93. The van der Waals surface area contributed by atoms with Crippen LogP contribution in [0.2, 0.25) is 0 Å². The summed E-state index contributed by atoms with van der Waals surface area (Å²) in [4.78, 5) is 32.3. The summed E-state index contributed by atoms with van der Waals surface area (Å²) < 4.78 is 23.2. The van der Waals surface area contributed by atoms with Crippen LogP contribution in [0.5, 0.6) is 5.75 Å². The van der Waals surface area contributed by atoms with E-state index in [4.69, 9.17) is 4.74 Å². The average Bonchev–Trinajstić information content (AvgIpc) is 2.99. The van der Waals surface area contributed by atoms with E-state index in [1.165, 1.54) is 16.7 Å². The maximum atomic E-state index is 13.9. The van der Waals surface area contributed by atoms with Crippen LogP contribution >= 0.6 is 0 Å². The number of carbonyl (C=O) groups is 1. The molecule has 0 saturated heterocycles. The van der Waals surface area contributed by atoms with Crippen LogP contribution in [0.1, 0.15) is 35.1 Å². The predicted molar refractivity (Wildman–Crippen MR) is 110 cm³/mol. The van der Waals surface area contributed by atoms with Crippen molar-refractivity contribution >= 4 is 5.91 Å². The van der Waals surface area contributed by atoms with E-state index in [0.717, 1.165) is 17.7 Å². The molecule has 1 fully saturated rings. The number of carbonyl (C=O) groups excluding carboxylic acids is 1. The number of aryl methyl sites for hydroxylation is 1. The largest absolute Gasteiger partial charge is 0.486 e. The van der Waals surface area contributed by atoms with Gasteiger partial charge in [-0.3, -0.25) is 9.59 Å². The van der Waals surface area contributed by atoms with Gasteiger partial charge in [-0.25, -0.2) is 9.37 Å². The molecule has 3 aromatic rings. The van der Waals surface area contributed by atoms with Gasteiger partial charge in [-0.1, -0.05) is 0 Å². The second-order valence-corrected chi connectivity index (χ2v) is 8.94. The van der Waals surface area contributed by atoms with Crippen LogP contribution in [0.3, 0.4) is 0 Å². The zero-order chi connectivity index (χ0) is 21.5. The van der Waals surface area contributed by atoms with E-state index in [9.17, 15) is 14.0 Å². The Bertz CT molecular complexity index is 1330. The Morgan fingerprint density at radius 2 is 2.03 bits per heavy atom. The first-order valence-corrected chi connectivity index (χ1v) is 10.3. The van der Waals surface area contributed by atoms with Crippen LogP contribution in [-0.2, 0) is 12.0 Å². The number of nitrogens with zero attached hydrogens (tertiary/aromatic N) is 4. The normalized spacial score (nSPS) is 25.6. The SMILES string of the molecule is Cc1cn(-c2ccc3n(c2=O)CCN(C[C@]24C[C@@]2(C)Oc2ccc(F)cc24)C3=O)cn1. The summed E-state index contributed by atoms with van der Waals surface area (Å²) >= 11 is 0. The van der Waals surface area contributed by atoms with Gasteiger partial charge in [-0.15, -0.1) is 0 Å². The van der Waals surface area contributed by atoms with Gasteiger partial charge in [0, 0.05) is 37.8 Å². The minimum atomic E-state index is -0.427. The third kappa shape index (κ3) is 2.41. The fraction of sp³-hybridized carbons (Fsp3) is 0.348. The maximum Gasteiger partial charge on any atom is 0.275 e. The van der Waals surface area contributed by atoms with E-state index in [0.29, 0.717) is 36.8 Å². The first-order chi connectivity index (χ1) is 14.8. The highest BCUT2D eigenvalue weighted by atomic mass is 19.1. The molecule has 3 aliphatic rings. The summed E-state index contributed by atoms with van der Waals surface area (Å²) in [7, 11) is 0. The number of fused-ring (bicyclic) bond motifs is 4. The zero-order valence-corrected chi connectivity index (χ0v) is 17.3. The van der Waals surface area contributed by atoms with E-state index >= 15 is 0 Å². The number of pyridine rings is 1. The molecule has 1 saturated carbocycles. The molecule has 1 amide bonds. The predicted octanol–water partition coefficient (Wildman–Crippen LogP) is 2.43. The Balaban J connectivity index is 1.33. The first kappa shape index (κ1) is 18.4. The molecule has 0 N–H and O–H groups in total. The summed E-state index contributed by atoms with van der Waals surface area (Å²) in [6.45, 7) is 5.13. The molecule has 6 rings (SSSR count). The first-order valence-electron chi connectivity index (χ1n) is 10.3. The molecule has 4 heterocycles. The van der Waals surface area contributed by atoms with Crippen LogP contribution in [0.4, 0.5) is 4.39 Å². The van der Waals surface area contributed by atoms with Crippen molar-refractivity contribution in [2.45, 2.75) is 37.8 Å². The van der Waals surface area contributed by atoms with Crippen LogP contribution in [-0.4, -0.2) is 43.6 Å². The number of amides is 1. The quantitative estimate of drug-likeness (QED) is 0.653. The summed E-state index contributed by atoms with van der Waals surface area (Å²) in [5.74, 6) is 0.198. The van der Waals surface area contributed by atoms with Gasteiger partial charge in [0.15, 0.2) is 0 Å². The van der Waals surface area contributed by atoms with Crippen molar-refractivity contribution in [2.24, 2.45) is 0 Å². The second-order valence-electron chi connectivity index (χ2n) is 8.94. The third-order valence-electron chi connectivity index (χ3n) is 7.02. The number of hydrogen-bond donors (Lipinski definition) is 0. The van der Waals surface area contributed by atoms with Crippen LogP contribution in [0.15, 0.2) is 47.7 Å². The number of aromatic nitrogens is 3. The lowest BCUT2D eigenvalue weighted by Crippen LogP contribution is -2.48. The molecular weight excluding hydrogens is 399 g/mol. The van der Waals surface area contributed by atoms with Gasteiger partial charge in [0.2, 0.25) is 0 Å². The lowest BCUT2D eigenvalue weighted by molar-refractivity contribution is 0.0666. The fourth-order valence-electron chi connectivity index (χ4n) is 5.25. The third-order valence-corrected chi connectivity index (χ3v) is 7.02. The summed E-state index contributed by atoms with van der Waals surface area (Å²) in [6.07, 6.45) is 4.12. The molecule has 31 heavy (non-hydrogen) atoms. The number of ether oxygens (including phenoxy) is 1. The smallest absolute Gasteiger partial charge is 0.275 e. The lowest BCUT2D eigenvalue weighted by Gasteiger charge is -2.32. The Hall–Kier alpha value is -3.42. The summed E-state index contributed by atoms with van der Waals surface area (Å²) in [5.41, 5.74) is 1.43. The van der Waals surface area contributed by atoms with Gasteiger partial charge in [0.1, 0.15) is 28.5 Å². The van der Waals surface area contributed by atoms with Crippen molar-refractivity contribution in [1.29, 1.82) is 0 Å². The number of halogens is 1. The fourth-order valence-corrected chi connectivity index (χ4v) is 5.25. The Morgan fingerprint density at radius 3 is 2.81 bits per heavy atom. The Morgan fingerprint density at radius 1 is 1.19 bits per heavy atom. The Kier molecular flexibility index (Phi) is 3.46. The number of imidazole rings is 1. The topological polar surface area (TPSA) is 69.4 Å². The van der Waals surface area contributed by atoms with Gasteiger partial charge >= 0.3 is 0 Å². The van der Waals surface area contributed by atoms with Crippen molar-refractivity contribution in [2.75, 3.05) is 13.1 Å². The van der Waals surface area contributed by atoms with Crippen molar-refractivity contribution in [1.82, 2.24) is 19.0 Å². The molecule has 2 aliphatic heterocycles. The molecule has 8 heteroatoms. The molecule has 1 aromatic carbocycles. The summed E-state index contributed by atoms with van der Waals surface area (Å²) in [6, 6.07) is 7.95. The molecule has 1 aliphatic carbocycles. The molecule has 2 aromatic heterocycles. The van der Waals surface area contributed by atoms with Crippen molar-refractivity contribution < 1.29 is 13.9 Å². The number of rotatable bonds is 3. The van der Waals surface area contributed by atoms with E-state index in [1.807, 2.05) is 13.8 Å². The number of hydrogen-bond acceptors (Lipinski definition) is 4. The molecule has 7 nitrogen and oxygen atoms in total. The van der Waals surface area contributed by atoms with E-state index in [2.05, 4.69) is 4.98 Å². The van der Waals surface area contributed by atoms with Crippen molar-refractivity contribution in [3.8, 4) is 11.4 Å². The van der Waals surface area contributed by atoms with Gasteiger partial charge in [0.05, 0.1) is 17.4 Å². The van der Waals surface area contributed by atoms with Gasteiger partial charge < -0.3 is 18.8 Å². The monoisotopic (exact) mass is 420 g/mol. The molecule has 2 atom stereocenters. The van der Waals surface area contributed by atoms with Gasteiger partial charge in [0.25, 0.3) is 11.5 Å². The van der Waals surface area contributed by atoms with E-state index in [1.54, 1.807) is 40.2 Å². The van der Waals surface area contributed by atoms with E-state index in [-0.39, 0.29) is 17.3 Å². The van der Waals surface area contributed by atoms with Gasteiger partial charge in [-0.05, 0) is 44.2 Å². The highest BCUT2D eigenvalue weighted by Crippen LogP contribution is 2.67. The minimum absolute atomic E-state index is 0.190. The maximum absolute atomic E-state index is 13.9. The average molecular weight is 420 g/mol. The second kappa shape index (κ2) is 5.84. The molecule has 0 bridgehead atoms. The molecule has 158 valence electrons. The van der Waals surface area contributed by atoms with Crippen LogP contribution < -0.4 is 10.3 Å². The minimum Gasteiger partial charge on any atom is -0.486 e. The Labute approximate surface area is 177 Å². The zero-order valence-electron chi connectivity index (χ0n) is 17.3. The van der Waals surface area contributed by atoms with Crippen molar-refractivity contribution in [3.63, 3.8) is 0 Å². The van der Waals surface area contributed by atoms with Crippen LogP contribution in [0.25, 0.3) is 5.69 Å². The lowest BCUT2D eigenvalue weighted by atomic mass is 9.92. The van der Waals surface area contributed by atoms with Gasteiger partial charge in [-0.2, -0.15) is 0 Å². The standard InChI is InChI=1S/C23H21FN4O3/c1-14-10-27(13-25-14)17-4-5-18-20(29)26(7-8-28(18)21(17)30)12-23-11-22(23,2)31-19-6-3-15(24)9-16(19)23/h3-6,9-10,13H,7-8,11-12H2,1-2H3/t22-,23+/m1/s1. The van der Waals surface area contributed by atoms with Crippen LogP contribution in [0, 0.1) is 12.7 Å². The number of benzene rings is 1. The molecule has 0 radical (unpaired) electrons. The highest BCUT2D eigenvalue weighted by Gasteiger charge is 2.73.